The van der Waals surface area contributed by atoms with Crippen LogP contribution in [-0.2, 0) is 0 Å². The third kappa shape index (κ3) is 0.998. The molecule has 0 bridgehead atoms. The molecule has 2 rings (SSSR count). The first-order valence-electron chi connectivity index (χ1n) is 4.33. The molecule has 1 unspecified atom stereocenters. The zero-order valence-electron chi connectivity index (χ0n) is 6.35. The van der Waals surface area contributed by atoms with Gasteiger partial charge in [-0.15, -0.1) is 0 Å². The largest absolute Gasteiger partial charge is 0.313 e. The third-order valence-corrected chi connectivity index (χ3v) is 4.90. The molecule has 0 aliphatic carbocycles. The Kier molecular flexibility index (Phi) is 1.93. The molecule has 2 fully saturated rings. The number of halogens is 1. The van der Waals surface area contributed by atoms with E-state index in [1.54, 1.807) is 0 Å². The van der Waals surface area contributed by atoms with Crippen molar-refractivity contribution in [2.75, 3.05) is 19.6 Å². The molecular weight excluding hydrogens is 237 g/mol. The molecule has 2 heteroatoms. The highest BCUT2D eigenvalue weighted by Crippen LogP contribution is 2.35. The number of alkyl halides is 1. The van der Waals surface area contributed by atoms with E-state index in [-0.39, 0.29) is 0 Å². The molecular formula is C8H15IN+. The van der Waals surface area contributed by atoms with Gasteiger partial charge >= 0.3 is 0 Å². The Morgan fingerprint density at radius 2 is 1.60 bits per heavy atom. The number of hydrogen-bond acceptors (Lipinski definition) is 0. The molecule has 0 aromatic heterocycles. The van der Waals surface area contributed by atoms with Crippen molar-refractivity contribution in [1.29, 1.82) is 0 Å². The average Bonchev–Trinajstić information content (AvgIpc) is 2.48. The second-order valence-electron chi connectivity index (χ2n) is 3.67. The molecule has 1 atom stereocenters. The van der Waals surface area contributed by atoms with Crippen LogP contribution in [0.5, 0.6) is 0 Å². The molecule has 2 heterocycles. The van der Waals surface area contributed by atoms with Crippen LogP contribution >= 0.6 is 22.6 Å². The number of quaternary nitrogens is 1. The highest BCUT2D eigenvalue weighted by molar-refractivity contribution is 14.1. The van der Waals surface area contributed by atoms with E-state index in [9.17, 15) is 0 Å². The van der Waals surface area contributed by atoms with E-state index in [2.05, 4.69) is 22.6 Å². The summed E-state index contributed by atoms with van der Waals surface area (Å²) >= 11 is 2.66. The van der Waals surface area contributed by atoms with Gasteiger partial charge in [-0.2, -0.15) is 0 Å². The van der Waals surface area contributed by atoms with Crippen LogP contribution in [-0.4, -0.2) is 28.2 Å². The summed E-state index contributed by atoms with van der Waals surface area (Å²) in [6.07, 6.45) is 5.92. The van der Waals surface area contributed by atoms with Crippen LogP contribution in [0.15, 0.2) is 0 Å². The summed E-state index contributed by atoms with van der Waals surface area (Å²) in [7, 11) is 0. The van der Waals surface area contributed by atoms with E-state index in [4.69, 9.17) is 0 Å². The maximum absolute atomic E-state index is 2.66. The van der Waals surface area contributed by atoms with Crippen molar-refractivity contribution in [2.24, 2.45) is 0 Å². The average molecular weight is 252 g/mol. The van der Waals surface area contributed by atoms with E-state index in [1.807, 2.05) is 0 Å². The Morgan fingerprint density at radius 3 is 2.10 bits per heavy atom. The second kappa shape index (κ2) is 2.63. The van der Waals surface area contributed by atoms with E-state index in [0.29, 0.717) is 0 Å². The SMILES string of the molecule is IC1CCC[N+]12CCCC2. The smallest absolute Gasteiger partial charge is 0.140 e. The van der Waals surface area contributed by atoms with Crippen molar-refractivity contribution in [3.63, 3.8) is 0 Å². The second-order valence-corrected chi connectivity index (χ2v) is 5.11. The summed E-state index contributed by atoms with van der Waals surface area (Å²) in [5.41, 5.74) is 0. The van der Waals surface area contributed by atoms with Crippen LogP contribution in [0.25, 0.3) is 0 Å². The van der Waals surface area contributed by atoms with Crippen molar-refractivity contribution in [3.05, 3.63) is 0 Å². The topological polar surface area (TPSA) is 0 Å². The lowest BCUT2D eigenvalue weighted by atomic mass is 10.4. The van der Waals surface area contributed by atoms with Gasteiger partial charge in [0.05, 0.1) is 19.6 Å². The van der Waals surface area contributed by atoms with Crippen LogP contribution in [0.1, 0.15) is 25.7 Å². The molecule has 0 aromatic carbocycles. The summed E-state index contributed by atoms with van der Waals surface area (Å²) < 4.78 is 2.43. The van der Waals surface area contributed by atoms with Crippen LogP contribution in [0.3, 0.4) is 0 Å². The Bertz CT molecular complexity index is 124. The molecule has 10 heavy (non-hydrogen) atoms. The van der Waals surface area contributed by atoms with Crippen LogP contribution in [0, 0.1) is 0 Å². The predicted octanol–water partition coefficient (Wildman–Crippen LogP) is 2.15. The van der Waals surface area contributed by atoms with Gasteiger partial charge in [-0.05, 0) is 22.6 Å². The fraction of sp³-hybridized carbons (Fsp3) is 1.00. The molecule has 2 saturated heterocycles. The van der Waals surface area contributed by atoms with Crippen molar-refractivity contribution < 1.29 is 4.48 Å². The van der Waals surface area contributed by atoms with E-state index in [1.165, 1.54) is 49.8 Å². The van der Waals surface area contributed by atoms with E-state index in [0.717, 1.165) is 4.05 Å². The lowest BCUT2D eigenvalue weighted by Gasteiger charge is -2.32. The van der Waals surface area contributed by atoms with Crippen LogP contribution < -0.4 is 0 Å². The number of hydrogen-bond donors (Lipinski definition) is 0. The number of nitrogens with zero attached hydrogens (tertiary/aromatic N) is 1. The Hall–Kier alpha value is 0.690. The zero-order chi connectivity index (χ0) is 7.03. The molecule has 0 N–H and O–H groups in total. The van der Waals surface area contributed by atoms with E-state index < -0.39 is 0 Å². The number of rotatable bonds is 0. The Labute approximate surface area is 76.5 Å². The lowest BCUT2D eigenvalue weighted by Crippen LogP contribution is -2.46. The minimum absolute atomic E-state index is 0.958. The molecule has 0 aromatic rings. The summed E-state index contributed by atoms with van der Waals surface area (Å²) in [6, 6.07) is 0. The summed E-state index contributed by atoms with van der Waals surface area (Å²) in [5.74, 6) is 0. The molecule has 2 aliphatic rings. The van der Waals surface area contributed by atoms with Crippen molar-refractivity contribution in [3.8, 4) is 0 Å². The van der Waals surface area contributed by atoms with Gasteiger partial charge in [-0.3, -0.25) is 0 Å². The van der Waals surface area contributed by atoms with Gasteiger partial charge in [0.15, 0.2) is 0 Å². The normalized spacial score (nSPS) is 37.5. The predicted molar refractivity (Wildman–Crippen MR) is 51.1 cm³/mol. The minimum Gasteiger partial charge on any atom is -0.313 e. The quantitative estimate of drug-likeness (QED) is 0.268. The molecule has 0 radical (unpaired) electrons. The van der Waals surface area contributed by atoms with Gasteiger partial charge in [-0.1, -0.05) is 0 Å². The van der Waals surface area contributed by atoms with Crippen molar-refractivity contribution in [2.45, 2.75) is 29.7 Å². The van der Waals surface area contributed by atoms with Gasteiger partial charge in [0.1, 0.15) is 4.05 Å². The molecule has 1 nitrogen and oxygen atoms in total. The zero-order valence-corrected chi connectivity index (χ0v) is 8.51. The van der Waals surface area contributed by atoms with Gasteiger partial charge in [0, 0.05) is 25.7 Å². The summed E-state index contributed by atoms with van der Waals surface area (Å²) in [6.45, 7) is 4.44. The first-order valence-corrected chi connectivity index (χ1v) is 5.58. The standard InChI is InChI=1S/C8H15IN/c9-8-4-3-7-10(8)5-1-2-6-10/h8H,1-7H2/q+1. The monoisotopic (exact) mass is 252 g/mol. The maximum atomic E-state index is 2.66. The van der Waals surface area contributed by atoms with Crippen molar-refractivity contribution >= 4 is 22.6 Å². The van der Waals surface area contributed by atoms with Gasteiger partial charge < -0.3 is 4.48 Å². The fourth-order valence-electron chi connectivity index (χ4n) is 2.46. The highest BCUT2D eigenvalue weighted by Gasteiger charge is 2.41. The fourth-order valence-corrected chi connectivity index (χ4v) is 3.73. The van der Waals surface area contributed by atoms with E-state index >= 15 is 0 Å². The maximum Gasteiger partial charge on any atom is 0.140 e. The minimum atomic E-state index is 0.958. The van der Waals surface area contributed by atoms with Crippen LogP contribution in [0.2, 0.25) is 0 Å². The molecule has 1 spiro atoms. The third-order valence-electron chi connectivity index (χ3n) is 3.10. The summed E-state index contributed by atoms with van der Waals surface area (Å²) in [5, 5.41) is 0. The first kappa shape index (κ1) is 7.35. The Balaban J connectivity index is 2.11. The Morgan fingerprint density at radius 1 is 1.00 bits per heavy atom. The summed E-state index contributed by atoms with van der Waals surface area (Å²) in [4.78, 5) is 0. The molecule has 58 valence electrons. The molecule has 0 saturated carbocycles. The molecule has 2 aliphatic heterocycles. The van der Waals surface area contributed by atoms with Gasteiger partial charge in [0.25, 0.3) is 0 Å². The van der Waals surface area contributed by atoms with Gasteiger partial charge in [-0.25, -0.2) is 0 Å². The van der Waals surface area contributed by atoms with Crippen LogP contribution in [0.4, 0.5) is 0 Å². The van der Waals surface area contributed by atoms with Gasteiger partial charge in [0.2, 0.25) is 0 Å². The lowest BCUT2D eigenvalue weighted by molar-refractivity contribution is -0.910. The first-order chi connectivity index (χ1) is 4.83. The highest BCUT2D eigenvalue weighted by atomic mass is 127. The molecule has 0 amide bonds. The van der Waals surface area contributed by atoms with Crippen molar-refractivity contribution in [1.82, 2.24) is 0 Å².